The Balaban J connectivity index is 1.77. The summed E-state index contributed by atoms with van der Waals surface area (Å²) in [5.74, 6) is 0.908. The van der Waals surface area contributed by atoms with Gasteiger partial charge in [-0.15, -0.1) is 5.10 Å². The number of rotatable bonds is 3. The highest BCUT2D eigenvalue weighted by atomic mass is 32.1. The Morgan fingerprint density at radius 2 is 2.04 bits per heavy atom. The minimum Gasteiger partial charge on any atom is -0.492 e. The van der Waals surface area contributed by atoms with Crippen LogP contribution in [0.15, 0.2) is 16.8 Å². The zero-order valence-electron chi connectivity index (χ0n) is 13.1. The predicted molar refractivity (Wildman–Crippen MR) is 92.5 cm³/mol. The highest BCUT2D eigenvalue weighted by Gasteiger charge is 2.31. The summed E-state index contributed by atoms with van der Waals surface area (Å²) in [7, 11) is 2.15. The van der Waals surface area contributed by atoms with Crippen LogP contribution in [0.5, 0.6) is 5.88 Å². The molecular formula is C15H19N5OS2. The van der Waals surface area contributed by atoms with Crippen LogP contribution in [-0.2, 0) is 0 Å². The van der Waals surface area contributed by atoms with E-state index in [1.54, 1.807) is 15.9 Å². The number of piperazine rings is 1. The SMILES string of the molecule is Cc1nc2sc([C@@H](c3ccsc3)N3CCN(C)CC3)c(O)n2n1. The van der Waals surface area contributed by atoms with Crippen LogP contribution in [-0.4, -0.2) is 62.7 Å². The van der Waals surface area contributed by atoms with Crippen LogP contribution in [0, 0.1) is 6.92 Å². The maximum Gasteiger partial charge on any atom is 0.230 e. The molecule has 3 aromatic heterocycles. The van der Waals surface area contributed by atoms with Crippen LogP contribution in [0.1, 0.15) is 22.3 Å². The number of aromatic hydroxyl groups is 1. The highest BCUT2D eigenvalue weighted by molar-refractivity contribution is 7.17. The summed E-state index contributed by atoms with van der Waals surface area (Å²) >= 11 is 3.23. The summed E-state index contributed by atoms with van der Waals surface area (Å²) in [6.45, 7) is 5.91. The van der Waals surface area contributed by atoms with E-state index in [-0.39, 0.29) is 11.9 Å². The van der Waals surface area contributed by atoms with Crippen LogP contribution in [0.25, 0.3) is 4.96 Å². The van der Waals surface area contributed by atoms with Crippen LogP contribution in [0.3, 0.4) is 0 Å². The molecule has 23 heavy (non-hydrogen) atoms. The molecule has 1 saturated heterocycles. The molecule has 0 radical (unpaired) electrons. The lowest BCUT2D eigenvalue weighted by molar-refractivity contribution is 0.127. The monoisotopic (exact) mass is 349 g/mol. The molecule has 0 unspecified atom stereocenters. The van der Waals surface area contributed by atoms with E-state index >= 15 is 0 Å². The van der Waals surface area contributed by atoms with Crippen molar-refractivity contribution in [3.05, 3.63) is 33.1 Å². The van der Waals surface area contributed by atoms with Gasteiger partial charge in [0.15, 0.2) is 0 Å². The highest BCUT2D eigenvalue weighted by Crippen LogP contribution is 2.40. The van der Waals surface area contributed by atoms with E-state index in [4.69, 9.17) is 0 Å². The van der Waals surface area contributed by atoms with Gasteiger partial charge in [-0.1, -0.05) is 11.3 Å². The summed E-state index contributed by atoms with van der Waals surface area (Å²) in [6, 6.07) is 2.22. The number of hydrogen-bond donors (Lipinski definition) is 1. The normalized spacial score (nSPS) is 18.7. The second-order valence-electron chi connectivity index (χ2n) is 5.94. The zero-order chi connectivity index (χ0) is 16.0. The number of thiophene rings is 1. The smallest absolute Gasteiger partial charge is 0.230 e. The Morgan fingerprint density at radius 1 is 1.26 bits per heavy atom. The molecule has 8 heteroatoms. The third-order valence-electron chi connectivity index (χ3n) is 4.32. The fraction of sp³-hybridized carbons (Fsp3) is 0.467. The van der Waals surface area contributed by atoms with Crippen molar-refractivity contribution >= 4 is 27.6 Å². The molecule has 4 rings (SSSR count). The van der Waals surface area contributed by atoms with Crippen LogP contribution in [0.2, 0.25) is 0 Å². The summed E-state index contributed by atoms with van der Waals surface area (Å²) in [6.07, 6.45) is 0. The topological polar surface area (TPSA) is 56.9 Å². The summed E-state index contributed by atoms with van der Waals surface area (Å²) in [5.41, 5.74) is 1.23. The van der Waals surface area contributed by atoms with Crippen LogP contribution >= 0.6 is 22.7 Å². The van der Waals surface area contributed by atoms with Gasteiger partial charge in [-0.3, -0.25) is 4.90 Å². The average molecular weight is 349 g/mol. The minimum atomic E-state index is 0.0729. The Morgan fingerprint density at radius 3 is 2.70 bits per heavy atom. The molecule has 1 N–H and O–H groups in total. The third kappa shape index (κ3) is 2.65. The molecule has 1 aliphatic heterocycles. The lowest BCUT2D eigenvalue weighted by Crippen LogP contribution is -2.46. The molecule has 0 aliphatic carbocycles. The van der Waals surface area contributed by atoms with Crippen molar-refractivity contribution in [2.24, 2.45) is 0 Å². The predicted octanol–water partition coefficient (Wildman–Crippen LogP) is 2.20. The van der Waals surface area contributed by atoms with Gasteiger partial charge in [-0.2, -0.15) is 15.9 Å². The zero-order valence-corrected chi connectivity index (χ0v) is 14.8. The van der Waals surface area contributed by atoms with Crippen molar-refractivity contribution in [2.45, 2.75) is 13.0 Å². The number of hydrogen-bond acceptors (Lipinski definition) is 7. The fourth-order valence-electron chi connectivity index (χ4n) is 3.06. The van der Waals surface area contributed by atoms with E-state index < -0.39 is 0 Å². The first-order valence-corrected chi connectivity index (χ1v) is 9.39. The van der Waals surface area contributed by atoms with E-state index in [1.807, 2.05) is 6.92 Å². The maximum absolute atomic E-state index is 10.7. The summed E-state index contributed by atoms with van der Waals surface area (Å²) < 4.78 is 1.56. The van der Waals surface area contributed by atoms with Gasteiger partial charge < -0.3 is 10.0 Å². The van der Waals surface area contributed by atoms with Crippen LogP contribution in [0.4, 0.5) is 0 Å². The number of aromatic nitrogens is 3. The molecular weight excluding hydrogens is 330 g/mol. The molecule has 0 amide bonds. The van der Waals surface area contributed by atoms with Crippen LogP contribution < -0.4 is 0 Å². The second kappa shape index (κ2) is 5.86. The molecule has 0 spiro atoms. The molecule has 1 fully saturated rings. The first-order chi connectivity index (χ1) is 11.1. The van der Waals surface area contributed by atoms with E-state index in [1.165, 1.54) is 16.9 Å². The first kappa shape index (κ1) is 15.1. The second-order valence-corrected chi connectivity index (χ2v) is 7.73. The summed E-state index contributed by atoms with van der Waals surface area (Å²) in [4.78, 5) is 10.9. The van der Waals surface area contributed by atoms with Gasteiger partial charge in [0.05, 0.1) is 10.9 Å². The quantitative estimate of drug-likeness (QED) is 0.786. The standard InChI is InChI=1S/C15H19N5OS2/c1-10-16-15-20(17-10)14(21)13(23-15)12(11-3-8-22-9-11)19-6-4-18(2)5-7-19/h3,8-9,12,21H,4-7H2,1-2H3/t12-/m1/s1. The van der Waals surface area contributed by atoms with Gasteiger partial charge in [-0.05, 0) is 36.4 Å². The van der Waals surface area contributed by atoms with Gasteiger partial charge in [0.25, 0.3) is 0 Å². The van der Waals surface area contributed by atoms with Crippen molar-refractivity contribution in [3.63, 3.8) is 0 Å². The van der Waals surface area contributed by atoms with Gasteiger partial charge in [0, 0.05) is 26.2 Å². The lowest BCUT2D eigenvalue weighted by atomic mass is 10.1. The number of aryl methyl sites for hydroxylation is 1. The Labute approximate surface area is 142 Å². The molecule has 4 heterocycles. The van der Waals surface area contributed by atoms with Crippen molar-refractivity contribution in [1.29, 1.82) is 0 Å². The third-order valence-corrected chi connectivity index (χ3v) is 6.09. The molecule has 122 valence electrons. The van der Waals surface area contributed by atoms with Crippen molar-refractivity contribution in [3.8, 4) is 5.88 Å². The molecule has 0 aromatic carbocycles. The van der Waals surface area contributed by atoms with E-state index in [2.05, 4.69) is 43.8 Å². The van der Waals surface area contributed by atoms with Crippen molar-refractivity contribution in [1.82, 2.24) is 24.4 Å². The van der Waals surface area contributed by atoms with Gasteiger partial charge in [0.1, 0.15) is 5.82 Å². The van der Waals surface area contributed by atoms with E-state index in [0.717, 1.165) is 36.0 Å². The number of fused-ring (bicyclic) bond motifs is 1. The van der Waals surface area contributed by atoms with Gasteiger partial charge in [-0.25, -0.2) is 4.98 Å². The van der Waals surface area contributed by atoms with E-state index in [0.29, 0.717) is 5.82 Å². The molecule has 1 atom stereocenters. The molecule has 6 nitrogen and oxygen atoms in total. The van der Waals surface area contributed by atoms with E-state index in [9.17, 15) is 5.11 Å². The number of likely N-dealkylation sites (N-methyl/N-ethyl adjacent to an activating group) is 1. The Bertz CT molecular complexity index is 801. The molecule has 0 bridgehead atoms. The fourth-order valence-corrected chi connectivity index (χ4v) is 4.91. The van der Waals surface area contributed by atoms with Crippen molar-refractivity contribution < 1.29 is 5.11 Å². The first-order valence-electron chi connectivity index (χ1n) is 7.63. The van der Waals surface area contributed by atoms with Crippen molar-refractivity contribution in [2.75, 3.05) is 33.2 Å². The maximum atomic E-state index is 10.7. The Hall–Kier alpha value is -1.48. The molecule has 0 saturated carbocycles. The van der Waals surface area contributed by atoms with Gasteiger partial charge in [0.2, 0.25) is 10.8 Å². The number of thiazole rings is 1. The Kier molecular flexibility index (Phi) is 3.84. The number of nitrogens with zero attached hydrogens (tertiary/aromatic N) is 5. The largest absolute Gasteiger partial charge is 0.492 e. The minimum absolute atomic E-state index is 0.0729. The van der Waals surface area contributed by atoms with Gasteiger partial charge >= 0.3 is 0 Å². The average Bonchev–Trinajstić information content (AvgIpc) is 3.22. The molecule has 3 aromatic rings. The summed E-state index contributed by atoms with van der Waals surface area (Å²) in [5, 5.41) is 19.3. The lowest BCUT2D eigenvalue weighted by Gasteiger charge is -2.37. The molecule has 1 aliphatic rings.